The van der Waals surface area contributed by atoms with Crippen LogP contribution in [0.3, 0.4) is 0 Å². The van der Waals surface area contributed by atoms with Gasteiger partial charge in [-0.1, -0.05) is 24.8 Å². The minimum Gasteiger partial charge on any atom is -0.390 e. The third-order valence-electron chi connectivity index (χ3n) is 4.34. The maximum absolute atomic E-state index is 13.4. The Morgan fingerprint density at radius 2 is 2.07 bits per heavy atom. The molecule has 0 saturated carbocycles. The monoisotopic (exact) mass is 407 g/mol. The second-order valence-corrected chi connectivity index (χ2v) is 7.20. The molecule has 5 nitrogen and oxygen atoms in total. The SMILES string of the molecule is C=Cc1c[nH]c(C(N=CN)=Nc2cc(NSc3cccc(F)c3)ccc2C)c1C. The fourth-order valence-electron chi connectivity index (χ4n) is 2.73. The molecule has 4 N–H and O–H groups in total. The molecular formula is C22H22FN5S. The zero-order valence-corrected chi connectivity index (χ0v) is 17.1. The van der Waals surface area contributed by atoms with Crippen molar-refractivity contribution >= 4 is 41.6 Å². The summed E-state index contributed by atoms with van der Waals surface area (Å²) in [5.74, 6) is 0.214. The highest BCUT2D eigenvalue weighted by atomic mass is 32.2. The standard InChI is InChI=1S/C22H22FN5S/c1-4-16-12-25-21(15(16)3)22(26-13-24)27-20-11-18(9-8-14(20)2)28-29-19-7-5-6-17(23)10-19/h4-13,25,28H,1H2,2-3H3,(H2,24,26,27). The molecule has 0 aliphatic rings. The number of aryl methyl sites for hydroxylation is 1. The average Bonchev–Trinajstić information content (AvgIpc) is 3.08. The molecule has 0 atom stereocenters. The summed E-state index contributed by atoms with van der Waals surface area (Å²) in [5, 5.41) is 0. The number of hydrogen-bond acceptors (Lipinski definition) is 3. The van der Waals surface area contributed by atoms with Gasteiger partial charge in [0.25, 0.3) is 0 Å². The van der Waals surface area contributed by atoms with Crippen molar-refractivity contribution in [3.8, 4) is 0 Å². The molecule has 0 spiro atoms. The number of nitrogens with zero attached hydrogens (tertiary/aromatic N) is 2. The van der Waals surface area contributed by atoms with Crippen LogP contribution in [-0.4, -0.2) is 17.2 Å². The lowest BCUT2D eigenvalue weighted by molar-refractivity contribution is 0.624. The molecule has 2 aromatic carbocycles. The van der Waals surface area contributed by atoms with Crippen LogP contribution in [0, 0.1) is 19.7 Å². The van der Waals surface area contributed by atoms with Gasteiger partial charge in [0, 0.05) is 16.8 Å². The van der Waals surface area contributed by atoms with Crippen LogP contribution in [0.4, 0.5) is 15.8 Å². The number of nitrogens with one attached hydrogen (secondary N) is 2. The molecule has 0 radical (unpaired) electrons. The van der Waals surface area contributed by atoms with E-state index >= 15 is 0 Å². The van der Waals surface area contributed by atoms with E-state index in [-0.39, 0.29) is 5.82 Å². The molecule has 148 valence electrons. The van der Waals surface area contributed by atoms with Gasteiger partial charge in [-0.15, -0.1) is 0 Å². The van der Waals surface area contributed by atoms with E-state index in [2.05, 4.69) is 21.3 Å². The number of halogens is 1. The first-order valence-corrected chi connectivity index (χ1v) is 9.76. The van der Waals surface area contributed by atoms with E-state index in [1.807, 2.05) is 44.3 Å². The lowest BCUT2D eigenvalue weighted by Gasteiger charge is -2.09. The van der Waals surface area contributed by atoms with Crippen LogP contribution in [0.2, 0.25) is 0 Å². The van der Waals surface area contributed by atoms with Crippen molar-refractivity contribution < 1.29 is 4.39 Å². The van der Waals surface area contributed by atoms with Crippen molar-refractivity contribution in [3.05, 3.63) is 83.4 Å². The topological polar surface area (TPSA) is 78.6 Å². The summed E-state index contributed by atoms with van der Waals surface area (Å²) >= 11 is 1.33. The largest absolute Gasteiger partial charge is 0.390 e. The lowest BCUT2D eigenvalue weighted by Crippen LogP contribution is -2.03. The Morgan fingerprint density at radius 1 is 1.24 bits per heavy atom. The van der Waals surface area contributed by atoms with Crippen molar-refractivity contribution in [2.24, 2.45) is 15.7 Å². The number of hydrogen-bond donors (Lipinski definition) is 3. The molecule has 7 heteroatoms. The Kier molecular flexibility index (Phi) is 6.51. The second kappa shape index (κ2) is 9.25. The van der Waals surface area contributed by atoms with Crippen molar-refractivity contribution in [1.29, 1.82) is 0 Å². The Labute approximate surface area is 173 Å². The van der Waals surface area contributed by atoms with Gasteiger partial charge >= 0.3 is 0 Å². The number of anilines is 1. The molecule has 0 saturated heterocycles. The first kappa shape index (κ1) is 20.4. The maximum atomic E-state index is 13.4. The van der Waals surface area contributed by atoms with Crippen molar-refractivity contribution in [3.63, 3.8) is 0 Å². The third kappa shape index (κ3) is 4.94. The fourth-order valence-corrected chi connectivity index (χ4v) is 3.41. The van der Waals surface area contributed by atoms with Gasteiger partial charge in [-0.3, -0.25) is 0 Å². The summed E-state index contributed by atoms with van der Waals surface area (Å²) in [4.78, 5) is 12.9. The Morgan fingerprint density at radius 3 is 2.76 bits per heavy atom. The van der Waals surface area contributed by atoms with Gasteiger partial charge in [-0.25, -0.2) is 14.4 Å². The Balaban J connectivity index is 1.90. The molecule has 1 aromatic heterocycles. The number of aromatic nitrogens is 1. The molecule has 0 amide bonds. The predicted octanol–water partition coefficient (Wildman–Crippen LogP) is 5.60. The number of benzene rings is 2. The number of amidine groups is 1. The lowest BCUT2D eigenvalue weighted by atomic mass is 10.1. The molecule has 0 bridgehead atoms. The Hall–Kier alpha value is -3.32. The summed E-state index contributed by atoms with van der Waals surface area (Å²) in [5.41, 5.74) is 10.9. The highest BCUT2D eigenvalue weighted by Crippen LogP contribution is 2.28. The second-order valence-electron chi connectivity index (χ2n) is 6.32. The molecule has 0 fully saturated rings. The summed E-state index contributed by atoms with van der Waals surface area (Å²) in [6, 6.07) is 12.2. The van der Waals surface area contributed by atoms with Crippen LogP contribution >= 0.6 is 11.9 Å². The number of aliphatic imine (C=N–C) groups is 2. The van der Waals surface area contributed by atoms with E-state index < -0.39 is 0 Å². The van der Waals surface area contributed by atoms with E-state index in [0.29, 0.717) is 5.84 Å². The van der Waals surface area contributed by atoms with E-state index in [0.717, 1.165) is 38.7 Å². The highest BCUT2D eigenvalue weighted by molar-refractivity contribution is 8.00. The fraction of sp³-hybridized carbons (Fsp3) is 0.0909. The molecule has 3 rings (SSSR count). The van der Waals surface area contributed by atoms with Crippen LogP contribution in [-0.2, 0) is 0 Å². The molecule has 0 aliphatic carbocycles. The van der Waals surface area contributed by atoms with Gasteiger partial charge in [-0.2, -0.15) is 0 Å². The Bertz CT molecular complexity index is 1080. The van der Waals surface area contributed by atoms with Gasteiger partial charge in [0.05, 0.1) is 17.7 Å². The zero-order valence-electron chi connectivity index (χ0n) is 16.2. The molecule has 0 aliphatic heterocycles. The van der Waals surface area contributed by atoms with Crippen LogP contribution in [0.1, 0.15) is 22.4 Å². The van der Waals surface area contributed by atoms with Crippen LogP contribution in [0.15, 0.2) is 70.1 Å². The van der Waals surface area contributed by atoms with E-state index in [4.69, 9.17) is 10.7 Å². The van der Waals surface area contributed by atoms with Crippen LogP contribution in [0.5, 0.6) is 0 Å². The summed E-state index contributed by atoms with van der Waals surface area (Å²) < 4.78 is 16.6. The normalized spacial score (nSPS) is 11.8. The van der Waals surface area contributed by atoms with E-state index in [1.165, 1.54) is 30.4 Å². The highest BCUT2D eigenvalue weighted by Gasteiger charge is 2.11. The smallest absolute Gasteiger partial charge is 0.178 e. The van der Waals surface area contributed by atoms with Gasteiger partial charge < -0.3 is 15.4 Å². The van der Waals surface area contributed by atoms with Gasteiger partial charge in [-0.05, 0) is 72.8 Å². The van der Waals surface area contributed by atoms with Gasteiger partial charge in [0.15, 0.2) is 5.84 Å². The first-order valence-electron chi connectivity index (χ1n) is 8.94. The summed E-state index contributed by atoms with van der Waals surface area (Å²) in [6.07, 6.45) is 4.86. The van der Waals surface area contributed by atoms with Crippen LogP contribution in [0.25, 0.3) is 6.08 Å². The quantitative estimate of drug-likeness (QED) is 0.283. The minimum absolute atomic E-state index is 0.268. The average molecular weight is 408 g/mol. The minimum atomic E-state index is -0.268. The number of H-pyrrole nitrogens is 1. The molecule has 3 aromatic rings. The molecule has 0 unspecified atom stereocenters. The number of nitrogens with two attached hydrogens (primary N) is 1. The summed E-state index contributed by atoms with van der Waals surface area (Å²) in [7, 11) is 0. The molecule has 1 heterocycles. The first-order chi connectivity index (χ1) is 14.0. The van der Waals surface area contributed by atoms with Gasteiger partial charge in [0.1, 0.15) is 5.82 Å². The van der Waals surface area contributed by atoms with E-state index in [9.17, 15) is 4.39 Å². The third-order valence-corrected chi connectivity index (χ3v) is 5.17. The maximum Gasteiger partial charge on any atom is 0.178 e. The van der Waals surface area contributed by atoms with Gasteiger partial charge in [0.2, 0.25) is 0 Å². The van der Waals surface area contributed by atoms with Crippen molar-refractivity contribution in [1.82, 2.24) is 4.98 Å². The number of rotatable bonds is 6. The van der Waals surface area contributed by atoms with E-state index in [1.54, 1.807) is 12.1 Å². The predicted molar refractivity (Wildman–Crippen MR) is 122 cm³/mol. The zero-order chi connectivity index (χ0) is 20.8. The number of aromatic amines is 1. The summed E-state index contributed by atoms with van der Waals surface area (Å²) in [6.45, 7) is 7.77. The van der Waals surface area contributed by atoms with Crippen molar-refractivity contribution in [2.75, 3.05) is 4.72 Å². The molecular weight excluding hydrogens is 385 g/mol. The van der Waals surface area contributed by atoms with Crippen LogP contribution < -0.4 is 10.5 Å². The molecule has 29 heavy (non-hydrogen) atoms. The van der Waals surface area contributed by atoms with Crippen molar-refractivity contribution in [2.45, 2.75) is 18.7 Å².